The van der Waals surface area contributed by atoms with Crippen LogP contribution in [0.4, 0.5) is 0 Å². The number of carboxylic acid groups (broad SMARTS) is 1. The average molecular weight is 227 g/mol. The summed E-state index contributed by atoms with van der Waals surface area (Å²) in [7, 11) is 4.15. The van der Waals surface area contributed by atoms with E-state index in [0.717, 1.165) is 39.3 Å². The zero-order valence-corrected chi connectivity index (χ0v) is 10.1. The molecule has 1 N–H and O–H groups in total. The highest BCUT2D eigenvalue weighted by atomic mass is 16.4. The van der Waals surface area contributed by atoms with Crippen LogP contribution in [0.5, 0.6) is 0 Å². The second-order valence-electron chi connectivity index (χ2n) is 4.33. The molecule has 0 spiro atoms. The molecular formula is C11H21N3O2. The molecule has 0 aromatic rings. The Labute approximate surface area is 96.9 Å². The van der Waals surface area contributed by atoms with Gasteiger partial charge in [-0.1, -0.05) is 0 Å². The normalized spacial score (nSPS) is 18.6. The summed E-state index contributed by atoms with van der Waals surface area (Å²) < 4.78 is 0. The Morgan fingerprint density at radius 2 is 1.94 bits per heavy atom. The molecule has 0 atom stereocenters. The van der Waals surface area contributed by atoms with Crippen molar-refractivity contribution in [3.63, 3.8) is 0 Å². The van der Waals surface area contributed by atoms with Gasteiger partial charge < -0.3 is 14.9 Å². The topological polar surface area (TPSA) is 47.0 Å². The SMILES string of the molecule is CN(C)CCN1CCN(C=CC(=O)O)CC1. The van der Waals surface area contributed by atoms with Gasteiger partial charge in [-0.15, -0.1) is 0 Å². The highest BCUT2D eigenvalue weighted by Gasteiger charge is 2.13. The molecule has 0 aliphatic carbocycles. The van der Waals surface area contributed by atoms with Gasteiger partial charge in [-0.3, -0.25) is 4.90 Å². The summed E-state index contributed by atoms with van der Waals surface area (Å²) >= 11 is 0. The number of nitrogens with zero attached hydrogens (tertiary/aromatic N) is 3. The van der Waals surface area contributed by atoms with Crippen molar-refractivity contribution < 1.29 is 9.90 Å². The molecule has 5 heteroatoms. The smallest absolute Gasteiger partial charge is 0.329 e. The zero-order chi connectivity index (χ0) is 12.0. The first-order valence-corrected chi connectivity index (χ1v) is 5.60. The Bertz CT molecular complexity index is 246. The van der Waals surface area contributed by atoms with Crippen LogP contribution in [-0.2, 0) is 4.79 Å². The molecule has 1 rings (SSSR count). The van der Waals surface area contributed by atoms with Gasteiger partial charge in [0.2, 0.25) is 0 Å². The highest BCUT2D eigenvalue weighted by Crippen LogP contribution is 2.01. The molecule has 1 aliphatic rings. The maximum Gasteiger partial charge on any atom is 0.329 e. The molecule has 0 unspecified atom stereocenters. The van der Waals surface area contributed by atoms with Crippen molar-refractivity contribution >= 4 is 5.97 Å². The van der Waals surface area contributed by atoms with E-state index in [0.29, 0.717) is 0 Å². The first kappa shape index (κ1) is 13.0. The van der Waals surface area contributed by atoms with Gasteiger partial charge in [-0.25, -0.2) is 4.79 Å². The van der Waals surface area contributed by atoms with Gasteiger partial charge in [0, 0.05) is 51.5 Å². The second kappa shape index (κ2) is 6.50. The summed E-state index contributed by atoms with van der Waals surface area (Å²) in [6.45, 7) is 6.01. The lowest BCUT2D eigenvalue weighted by Crippen LogP contribution is -2.46. The highest BCUT2D eigenvalue weighted by molar-refractivity contribution is 5.79. The molecule has 0 amide bonds. The molecule has 0 saturated carbocycles. The molecule has 1 fully saturated rings. The molecule has 16 heavy (non-hydrogen) atoms. The van der Waals surface area contributed by atoms with Gasteiger partial charge in [-0.2, -0.15) is 0 Å². The van der Waals surface area contributed by atoms with E-state index in [1.807, 2.05) is 0 Å². The molecule has 1 heterocycles. The molecular weight excluding hydrogens is 206 g/mol. The van der Waals surface area contributed by atoms with E-state index in [4.69, 9.17) is 5.11 Å². The second-order valence-corrected chi connectivity index (χ2v) is 4.33. The van der Waals surface area contributed by atoms with E-state index in [1.54, 1.807) is 6.20 Å². The minimum absolute atomic E-state index is 0.880. The van der Waals surface area contributed by atoms with Crippen molar-refractivity contribution in [1.82, 2.24) is 14.7 Å². The number of carboxylic acids is 1. The Morgan fingerprint density at radius 1 is 1.31 bits per heavy atom. The standard InChI is InChI=1S/C11H21N3O2/c1-12(2)5-6-14-9-7-13(8-10-14)4-3-11(15)16/h3-4H,5-10H2,1-2H3,(H,15,16). The predicted molar refractivity (Wildman–Crippen MR) is 63.3 cm³/mol. The monoisotopic (exact) mass is 227 g/mol. The molecule has 0 aromatic carbocycles. The lowest BCUT2D eigenvalue weighted by molar-refractivity contribution is -0.131. The van der Waals surface area contributed by atoms with Crippen molar-refractivity contribution in [1.29, 1.82) is 0 Å². The van der Waals surface area contributed by atoms with Gasteiger partial charge in [0.05, 0.1) is 0 Å². The largest absolute Gasteiger partial charge is 0.478 e. The van der Waals surface area contributed by atoms with Crippen LogP contribution in [0.15, 0.2) is 12.3 Å². The average Bonchev–Trinajstić information content (AvgIpc) is 2.25. The lowest BCUT2D eigenvalue weighted by Gasteiger charge is -2.34. The summed E-state index contributed by atoms with van der Waals surface area (Å²) in [4.78, 5) is 17.0. The number of likely N-dealkylation sites (N-methyl/N-ethyl adjacent to an activating group) is 1. The fourth-order valence-corrected chi connectivity index (χ4v) is 1.65. The molecule has 92 valence electrons. The van der Waals surface area contributed by atoms with Crippen LogP contribution in [0.25, 0.3) is 0 Å². The van der Waals surface area contributed by atoms with E-state index in [1.165, 1.54) is 6.08 Å². The number of piperazine rings is 1. The van der Waals surface area contributed by atoms with Crippen LogP contribution in [0, 0.1) is 0 Å². The third kappa shape index (κ3) is 5.14. The van der Waals surface area contributed by atoms with Crippen molar-refractivity contribution in [3.8, 4) is 0 Å². The van der Waals surface area contributed by atoms with E-state index in [-0.39, 0.29) is 0 Å². The van der Waals surface area contributed by atoms with E-state index in [9.17, 15) is 4.79 Å². The third-order valence-corrected chi connectivity index (χ3v) is 2.70. The number of aliphatic carboxylic acids is 1. The fraction of sp³-hybridized carbons (Fsp3) is 0.727. The van der Waals surface area contributed by atoms with Gasteiger partial charge in [-0.05, 0) is 14.1 Å². The van der Waals surface area contributed by atoms with Crippen LogP contribution < -0.4 is 0 Å². The summed E-state index contributed by atoms with van der Waals surface area (Å²) in [6, 6.07) is 0. The quantitative estimate of drug-likeness (QED) is 0.657. The van der Waals surface area contributed by atoms with E-state index in [2.05, 4.69) is 28.8 Å². The molecule has 1 saturated heterocycles. The van der Waals surface area contributed by atoms with Gasteiger partial charge in [0.25, 0.3) is 0 Å². The van der Waals surface area contributed by atoms with Crippen LogP contribution >= 0.6 is 0 Å². The molecule has 0 radical (unpaired) electrons. The van der Waals surface area contributed by atoms with Crippen molar-refractivity contribution in [2.45, 2.75) is 0 Å². The summed E-state index contributed by atoms with van der Waals surface area (Å²) in [6.07, 6.45) is 2.88. The van der Waals surface area contributed by atoms with E-state index < -0.39 is 5.97 Å². The molecule has 5 nitrogen and oxygen atoms in total. The zero-order valence-electron chi connectivity index (χ0n) is 10.1. The third-order valence-electron chi connectivity index (χ3n) is 2.70. The first-order chi connectivity index (χ1) is 7.58. The van der Waals surface area contributed by atoms with Crippen molar-refractivity contribution in [2.75, 3.05) is 53.4 Å². The van der Waals surface area contributed by atoms with Crippen LogP contribution in [-0.4, -0.2) is 79.1 Å². The van der Waals surface area contributed by atoms with Gasteiger partial charge in [0.1, 0.15) is 0 Å². The summed E-state index contributed by atoms with van der Waals surface area (Å²) in [5.74, 6) is -0.880. The maximum atomic E-state index is 10.4. The Hall–Kier alpha value is -1.07. The minimum Gasteiger partial charge on any atom is -0.478 e. The molecule has 0 aromatic heterocycles. The summed E-state index contributed by atoms with van der Waals surface area (Å²) in [5.41, 5.74) is 0. The number of hydrogen-bond acceptors (Lipinski definition) is 4. The van der Waals surface area contributed by atoms with Gasteiger partial charge >= 0.3 is 5.97 Å². The van der Waals surface area contributed by atoms with Crippen LogP contribution in [0.1, 0.15) is 0 Å². The van der Waals surface area contributed by atoms with E-state index >= 15 is 0 Å². The number of rotatable bonds is 5. The van der Waals surface area contributed by atoms with Crippen molar-refractivity contribution in [2.24, 2.45) is 0 Å². The van der Waals surface area contributed by atoms with Crippen LogP contribution in [0.2, 0.25) is 0 Å². The number of carbonyl (C=O) groups is 1. The fourth-order valence-electron chi connectivity index (χ4n) is 1.65. The Balaban J connectivity index is 2.20. The summed E-state index contributed by atoms with van der Waals surface area (Å²) in [5, 5.41) is 8.51. The molecule has 1 aliphatic heterocycles. The van der Waals surface area contributed by atoms with Crippen LogP contribution in [0.3, 0.4) is 0 Å². The Morgan fingerprint density at radius 3 is 2.44 bits per heavy atom. The van der Waals surface area contributed by atoms with Gasteiger partial charge in [0.15, 0.2) is 0 Å². The predicted octanol–water partition coefficient (Wildman–Crippen LogP) is -0.236. The lowest BCUT2D eigenvalue weighted by atomic mass is 10.3. The number of hydrogen-bond donors (Lipinski definition) is 1. The van der Waals surface area contributed by atoms with Crippen molar-refractivity contribution in [3.05, 3.63) is 12.3 Å². The molecule has 0 bridgehead atoms. The minimum atomic E-state index is -0.880. The first-order valence-electron chi connectivity index (χ1n) is 5.60. The Kier molecular flexibility index (Phi) is 5.28. The maximum absolute atomic E-state index is 10.4.